The third-order valence-electron chi connectivity index (χ3n) is 3.54. The van der Waals surface area contributed by atoms with Gasteiger partial charge in [0.15, 0.2) is 0 Å². The number of carbonyl (C=O) groups is 1. The number of ether oxygens (including phenoxy) is 1. The summed E-state index contributed by atoms with van der Waals surface area (Å²) in [5, 5.41) is 13.4. The molecule has 2 aromatic rings. The summed E-state index contributed by atoms with van der Waals surface area (Å²) in [7, 11) is 1.59. The van der Waals surface area contributed by atoms with Crippen LogP contribution in [0.2, 0.25) is 5.02 Å². The average molecular weight is 334 g/mol. The number of hydrogen-bond acceptors (Lipinski definition) is 3. The van der Waals surface area contributed by atoms with Crippen LogP contribution in [0.25, 0.3) is 0 Å². The standard InChI is InChI=1S/C18H20ClNO3/c1-23-15-8-7-13(16(19)11-15)9-10-20-18(22)12-17(21)14-5-3-2-4-6-14/h2-8,11,17,21H,9-10,12H2,1H3,(H,20,22). The second-order valence-corrected chi connectivity index (χ2v) is 5.60. The summed E-state index contributed by atoms with van der Waals surface area (Å²) in [6, 6.07) is 14.6. The first-order chi connectivity index (χ1) is 11.1. The van der Waals surface area contributed by atoms with E-state index in [1.54, 1.807) is 25.3 Å². The molecule has 1 amide bonds. The smallest absolute Gasteiger partial charge is 0.222 e. The predicted molar refractivity (Wildman–Crippen MR) is 90.7 cm³/mol. The molecular weight excluding hydrogens is 314 g/mol. The molecule has 5 heteroatoms. The molecule has 4 nitrogen and oxygen atoms in total. The number of rotatable bonds is 7. The largest absolute Gasteiger partial charge is 0.497 e. The highest BCUT2D eigenvalue weighted by molar-refractivity contribution is 6.31. The molecule has 0 saturated carbocycles. The van der Waals surface area contributed by atoms with E-state index < -0.39 is 6.10 Å². The minimum Gasteiger partial charge on any atom is -0.497 e. The molecule has 0 aromatic heterocycles. The Bertz CT molecular complexity index is 646. The Hall–Kier alpha value is -2.04. The summed E-state index contributed by atoms with van der Waals surface area (Å²) in [5.41, 5.74) is 1.68. The highest BCUT2D eigenvalue weighted by Crippen LogP contribution is 2.22. The number of methoxy groups -OCH3 is 1. The number of halogens is 1. The zero-order valence-corrected chi connectivity index (χ0v) is 13.7. The molecule has 1 atom stereocenters. The Morgan fingerprint density at radius 3 is 2.65 bits per heavy atom. The Morgan fingerprint density at radius 1 is 1.26 bits per heavy atom. The van der Waals surface area contributed by atoms with E-state index in [0.717, 1.165) is 11.1 Å². The fraction of sp³-hybridized carbons (Fsp3) is 0.278. The summed E-state index contributed by atoms with van der Waals surface area (Å²) < 4.78 is 5.10. The number of amides is 1. The molecule has 23 heavy (non-hydrogen) atoms. The van der Waals surface area contributed by atoms with Crippen molar-refractivity contribution >= 4 is 17.5 Å². The summed E-state index contributed by atoms with van der Waals surface area (Å²) in [6.45, 7) is 0.465. The van der Waals surface area contributed by atoms with Gasteiger partial charge in [-0.15, -0.1) is 0 Å². The summed E-state index contributed by atoms with van der Waals surface area (Å²) >= 11 is 6.16. The van der Waals surface area contributed by atoms with Crippen molar-refractivity contribution in [3.63, 3.8) is 0 Å². The molecule has 122 valence electrons. The van der Waals surface area contributed by atoms with Crippen molar-refractivity contribution in [1.82, 2.24) is 5.32 Å². The van der Waals surface area contributed by atoms with Gasteiger partial charge in [0.2, 0.25) is 5.91 Å². The normalized spacial score (nSPS) is 11.8. The molecule has 2 aromatic carbocycles. The van der Waals surface area contributed by atoms with Gasteiger partial charge in [-0.1, -0.05) is 48.0 Å². The summed E-state index contributed by atoms with van der Waals surface area (Å²) in [6.07, 6.45) is -0.128. The van der Waals surface area contributed by atoms with Crippen molar-refractivity contribution in [2.75, 3.05) is 13.7 Å². The van der Waals surface area contributed by atoms with Gasteiger partial charge in [-0.3, -0.25) is 4.79 Å². The van der Waals surface area contributed by atoms with E-state index in [9.17, 15) is 9.90 Å². The van der Waals surface area contributed by atoms with Crippen LogP contribution in [-0.2, 0) is 11.2 Å². The van der Waals surface area contributed by atoms with Crippen molar-refractivity contribution in [2.24, 2.45) is 0 Å². The summed E-state index contributed by atoms with van der Waals surface area (Å²) in [5.74, 6) is 0.514. The van der Waals surface area contributed by atoms with E-state index in [1.807, 2.05) is 30.3 Å². The van der Waals surface area contributed by atoms with Crippen LogP contribution in [0.15, 0.2) is 48.5 Å². The molecule has 2 N–H and O–H groups in total. The van der Waals surface area contributed by atoms with Gasteiger partial charge in [0.25, 0.3) is 0 Å². The number of aliphatic hydroxyl groups is 1. The van der Waals surface area contributed by atoms with Crippen molar-refractivity contribution in [3.8, 4) is 5.75 Å². The minimum absolute atomic E-state index is 0.0420. The van der Waals surface area contributed by atoms with Gasteiger partial charge < -0.3 is 15.2 Å². The Balaban J connectivity index is 1.79. The number of hydrogen-bond donors (Lipinski definition) is 2. The van der Waals surface area contributed by atoms with E-state index in [-0.39, 0.29) is 12.3 Å². The fourth-order valence-corrected chi connectivity index (χ4v) is 2.50. The number of nitrogens with one attached hydrogen (secondary N) is 1. The van der Waals surface area contributed by atoms with Crippen LogP contribution in [0.1, 0.15) is 23.7 Å². The van der Waals surface area contributed by atoms with Crippen LogP contribution >= 0.6 is 11.6 Å². The van der Waals surface area contributed by atoms with Crippen LogP contribution < -0.4 is 10.1 Å². The van der Waals surface area contributed by atoms with Gasteiger partial charge in [-0.25, -0.2) is 0 Å². The maximum absolute atomic E-state index is 11.9. The van der Waals surface area contributed by atoms with E-state index in [4.69, 9.17) is 16.3 Å². The maximum Gasteiger partial charge on any atom is 0.222 e. The molecule has 0 heterocycles. The second kappa shape index (κ2) is 8.56. The molecule has 0 radical (unpaired) electrons. The molecule has 0 aliphatic rings. The summed E-state index contributed by atoms with van der Waals surface area (Å²) in [4.78, 5) is 11.9. The highest BCUT2D eigenvalue weighted by atomic mass is 35.5. The molecular formula is C18H20ClNO3. The first-order valence-corrected chi connectivity index (χ1v) is 7.80. The predicted octanol–water partition coefficient (Wildman–Crippen LogP) is 3.13. The van der Waals surface area contributed by atoms with Gasteiger partial charge in [0, 0.05) is 11.6 Å². The SMILES string of the molecule is COc1ccc(CCNC(=O)CC(O)c2ccccc2)c(Cl)c1. The highest BCUT2D eigenvalue weighted by Gasteiger charge is 2.12. The van der Waals surface area contributed by atoms with Crippen molar-refractivity contribution < 1.29 is 14.6 Å². The molecule has 0 aliphatic carbocycles. The Kier molecular flexibility index (Phi) is 6.44. The number of carbonyl (C=O) groups excluding carboxylic acids is 1. The van der Waals surface area contributed by atoms with Crippen LogP contribution in [0.3, 0.4) is 0 Å². The van der Waals surface area contributed by atoms with Crippen LogP contribution in [0.4, 0.5) is 0 Å². The third kappa shape index (κ3) is 5.27. The molecule has 2 rings (SSSR count). The molecule has 1 unspecified atom stereocenters. The van der Waals surface area contributed by atoms with Crippen LogP contribution in [-0.4, -0.2) is 24.7 Å². The fourth-order valence-electron chi connectivity index (χ4n) is 2.24. The molecule has 0 spiro atoms. The van der Waals surface area contributed by atoms with Crippen molar-refractivity contribution in [3.05, 3.63) is 64.7 Å². The second-order valence-electron chi connectivity index (χ2n) is 5.19. The van der Waals surface area contributed by atoms with E-state index in [1.165, 1.54) is 0 Å². The minimum atomic E-state index is -0.791. The van der Waals surface area contributed by atoms with E-state index in [0.29, 0.717) is 23.7 Å². The topological polar surface area (TPSA) is 58.6 Å². The number of benzene rings is 2. The first-order valence-electron chi connectivity index (χ1n) is 7.42. The first kappa shape index (κ1) is 17.3. The molecule has 0 saturated heterocycles. The van der Waals surface area contributed by atoms with Gasteiger partial charge >= 0.3 is 0 Å². The molecule has 0 fully saturated rings. The lowest BCUT2D eigenvalue weighted by Gasteiger charge is -2.12. The quantitative estimate of drug-likeness (QED) is 0.818. The Morgan fingerprint density at radius 2 is 2.00 bits per heavy atom. The van der Waals surface area contributed by atoms with Crippen LogP contribution in [0, 0.1) is 0 Å². The lowest BCUT2D eigenvalue weighted by molar-refractivity contribution is -0.123. The lowest BCUT2D eigenvalue weighted by Crippen LogP contribution is -2.27. The van der Waals surface area contributed by atoms with E-state index in [2.05, 4.69) is 5.32 Å². The third-order valence-corrected chi connectivity index (χ3v) is 3.89. The molecule has 0 aliphatic heterocycles. The van der Waals surface area contributed by atoms with Gasteiger partial charge in [0.1, 0.15) is 5.75 Å². The van der Waals surface area contributed by atoms with Gasteiger partial charge in [-0.05, 0) is 29.7 Å². The number of aliphatic hydroxyl groups excluding tert-OH is 1. The van der Waals surface area contributed by atoms with Gasteiger partial charge in [-0.2, -0.15) is 0 Å². The van der Waals surface area contributed by atoms with Gasteiger partial charge in [0.05, 0.1) is 19.6 Å². The van der Waals surface area contributed by atoms with Crippen molar-refractivity contribution in [2.45, 2.75) is 18.9 Å². The monoisotopic (exact) mass is 333 g/mol. The van der Waals surface area contributed by atoms with Crippen LogP contribution in [0.5, 0.6) is 5.75 Å². The maximum atomic E-state index is 11.9. The van der Waals surface area contributed by atoms with Crippen molar-refractivity contribution in [1.29, 1.82) is 0 Å². The zero-order valence-electron chi connectivity index (χ0n) is 13.0. The zero-order chi connectivity index (χ0) is 16.7. The Labute approximate surface area is 141 Å². The molecule has 0 bridgehead atoms. The lowest BCUT2D eigenvalue weighted by atomic mass is 10.1. The van der Waals surface area contributed by atoms with E-state index >= 15 is 0 Å². The average Bonchev–Trinajstić information content (AvgIpc) is 2.57.